The van der Waals surface area contributed by atoms with Crippen molar-refractivity contribution in [3.8, 4) is 27.7 Å². The molecule has 2 aliphatic heterocycles. The Morgan fingerprint density at radius 2 is 1.87 bits per heavy atom. The van der Waals surface area contributed by atoms with Gasteiger partial charge in [0.1, 0.15) is 45.5 Å². The average molecular weight is 749 g/mol. The molecular weight excluding hydrogens is 709 g/mol. The number of carboxylic acid groups (broad SMARTS) is 1. The van der Waals surface area contributed by atoms with Gasteiger partial charge in [0.15, 0.2) is 0 Å². The van der Waals surface area contributed by atoms with Gasteiger partial charge in [-0.05, 0) is 62.1 Å². The highest BCUT2D eigenvalue weighted by Gasteiger charge is 2.61. The number of carboxylic acids is 1. The number of nitrogens with zero attached hydrogens (tertiary/aromatic N) is 5. The van der Waals surface area contributed by atoms with Crippen LogP contribution < -0.4 is 15.4 Å². The number of H-pyrrole nitrogens is 1. The van der Waals surface area contributed by atoms with Crippen molar-refractivity contribution in [2.24, 2.45) is 5.92 Å². The molecule has 3 amide bonds. The Morgan fingerprint density at radius 3 is 2.63 bits per heavy atom. The molecule has 1 saturated carbocycles. The van der Waals surface area contributed by atoms with E-state index in [9.17, 15) is 24.3 Å². The molecule has 15 heteroatoms. The van der Waals surface area contributed by atoms with Gasteiger partial charge in [-0.25, -0.2) is 9.78 Å². The molecule has 1 saturated heterocycles. The number of aromatic nitrogens is 5. The van der Waals surface area contributed by atoms with Crippen molar-refractivity contribution in [3.63, 3.8) is 0 Å². The lowest BCUT2D eigenvalue weighted by Gasteiger charge is -2.29. The zero-order chi connectivity index (χ0) is 37.4. The van der Waals surface area contributed by atoms with Crippen molar-refractivity contribution in [3.05, 3.63) is 84.0 Å². The fourth-order valence-corrected chi connectivity index (χ4v) is 8.21. The highest BCUT2D eigenvalue weighted by atomic mass is 32.1. The van der Waals surface area contributed by atoms with Crippen LogP contribution in [0, 0.1) is 5.92 Å². The number of aromatic amines is 1. The van der Waals surface area contributed by atoms with E-state index in [-0.39, 0.29) is 25.3 Å². The van der Waals surface area contributed by atoms with Gasteiger partial charge in [-0.15, -0.1) is 16.4 Å². The van der Waals surface area contributed by atoms with E-state index in [0.29, 0.717) is 40.7 Å². The van der Waals surface area contributed by atoms with Crippen LogP contribution in [0.2, 0.25) is 0 Å². The third-order valence-corrected chi connectivity index (χ3v) is 11.5. The Bertz CT molecular complexity index is 2200. The lowest BCUT2D eigenvalue weighted by Crippen LogP contribution is -2.56. The quantitative estimate of drug-likeness (QED) is 0.167. The first-order valence-electron chi connectivity index (χ1n) is 18.2. The number of carbonyl (C=O) groups excluding carboxylic acids is 3. The normalized spacial score (nSPS) is 24.6. The van der Waals surface area contributed by atoms with Crippen LogP contribution in [-0.4, -0.2) is 89.9 Å². The van der Waals surface area contributed by atoms with Gasteiger partial charge < -0.3 is 30.4 Å². The number of ether oxygens (including phenoxy) is 1. The number of hydrogen-bond acceptors (Lipinski definition) is 9. The maximum absolute atomic E-state index is 14.7. The standard InChI is InChI=1S/C39H40N8O6S/c1-53-27-15-13-23(14-16-27)32-33(36-40-17-18-54-36)45-47(44-32)26-20-31-35(49)43-39(38(51)52)21-25(39)10-5-3-2-4-6-12-29(37(50)46(31)22-26)42-34(48)30-19-24-9-7-8-11-28(24)41-30/h5,7-11,13-19,25-26,29,31,41H,2-4,6,12,20-22H2,1H3,(H,42,48)(H,43,49)(H,51,52)/t25-,26+,29+,31+,39-/m1/s1. The summed E-state index contributed by atoms with van der Waals surface area (Å²) in [5, 5.41) is 29.2. The maximum atomic E-state index is 14.7. The summed E-state index contributed by atoms with van der Waals surface area (Å²) in [7, 11) is 1.59. The molecule has 0 radical (unpaired) electrons. The van der Waals surface area contributed by atoms with E-state index in [1.807, 2.05) is 66.1 Å². The van der Waals surface area contributed by atoms with E-state index in [0.717, 1.165) is 35.7 Å². The van der Waals surface area contributed by atoms with Gasteiger partial charge in [-0.1, -0.05) is 43.2 Å². The molecule has 2 aromatic carbocycles. The van der Waals surface area contributed by atoms with Crippen molar-refractivity contribution in [1.82, 2.24) is 40.5 Å². The predicted octanol–water partition coefficient (Wildman–Crippen LogP) is 4.98. The van der Waals surface area contributed by atoms with Crippen LogP contribution in [0.25, 0.3) is 32.9 Å². The Labute approximate surface area is 314 Å². The van der Waals surface area contributed by atoms with Crippen molar-refractivity contribution in [2.45, 2.75) is 68.6 Å². The number of carbonyl (C=O) groups is 4. The van der Waals surface area contributed by atoms with E-state index in [1.165, 1.54) is 21.0 Å². The number of benzene rings is 2. The van der Waals surface area contributed by atoms with Crippen LogP contribution in [0.5, 0.6) is 5.75 Å². The molecule has 2 fully saturated rings. The summed E-state index contributed by atoms with van der Waals surface area (Å²) in [5.74, 6) is -2.20. The smallest absolute Gasteiger partial charge is 0.330 e. The Hall–Kier alpha value is -5.83. The molecule has 0 spiro atoms. The highest BCUT2D eigenvalue weighted by molar-refractivity contribution is 7.13. The monoisotopic (exact) mass is 748 g/mol. The summed E-state index contributed by atoms with van der Waals surface area (Å²) in [5.41, 5.74) is 1.58. The number of hydrogen-bond donors (Lipinski definition) is 4. The Morgan fingerprint density at radius 1 is 1.06 bits per heavy atom. The van der Waals surface area contributed by atoms with Gasteiger partial charge in [0, 0.05) is 46.9 Å². The number of nitrogens with one attached hydrogen (secondary N) is 3. The van der Waals surface area contributed by atoms with Gasteiger partial charge in [0.2, 0.25) is 11.8 Å². The van der Waals surface area contributed by atoms with Crippen LogP contribution in [0.1, 0.15) is 61.5 Å². The van der Waals surface area contributed by atoms with Crippen LogP contribution in [0.4, 0.5) is 0 Å². The summed E-state index contributed by atoms with van der Waals surface area (Å²) in [6.07, 6.45) is 9.35. The number of rotatable bonds is 7. The molecule has 1 aliphatic carbocycles. The van der Waals surface area contributed by atoms with Crippen molar-refractivity contribution in [1.29, 1.82) is 0 Å². The first kappa shape index (κ1) is 35.2. The number of aliphatic carboxylic acids is 1. The third kappa shape index (κ3) is 6.75. The Balaban J connectivity index is 1.14. The second-order valence-corrected chi connectivity index (χ2v) is 15.0. The minimum absolute atomic E-state index is 0.0626. The molecule has 5 atom stereocenters. The largest absolute Gasteiger partial charge is 0.497 e. The van der Waals surface area contributed by atoms with E-state index in [4.69, 9.17) is 14.9 Å². The van der Waals surface area contributed by atoms with Crippen LogP contribution in [0.15, 0.2) is 78.3 Å². The van der Waals surface area contributed by atoms with Crippen molar-refractivity contribution in [2.75, 3.05) is 13.7 Å². The van der Waals surface area contributed by atoms with Crippen molar-refractivity contribution >= 4 is 45.9 Å². The molecule has 4 N–H and O–H groups in total. The van der Waals surface area contributed by atoms with E-state index < -0.39 is 47.4 Å². The minimum Gasteiger partial charge on any atom is -0.497 e. The van der Waals surface area contributed by atoms with Crippen LogP contribution >= 0.6 is 11.3 Å². The molecule has 0 bridgehead atoms. The molecule has 3 aliphatic rings. The highest BCUT2D eigenvalue weighted by Crippen LogP contribution is 2.46. The maximum Gasteiger partial charge on any atom is 0.330 e. The molecule has 8 rings (SSSR count). The molecule has 5 heterocycles. The Kier molecular flexibility index (Phi) is 9.48. The van der Waals surface area contributed by atoms with Crippen LogP contribution in [0.3, 0.4) is 0 Å². The molecule has 278 valence electrons. The number of para-hydroxylation sites is 1. The molecule has 54 heavy (non-hydrogen) atoms. The molecular formula is C39H40N8O6S. The zero-order valence-electron chi connectivity index (χ0n) is 29.6. The number of allylic oxidation sites excluding steroid dienone is 1. The van der Waals surface area contributed by atoms with Crippen molar-refractivity contribution < 1.29 is 29.0 Å². The number of fused-ring (bicyclic) bond motifs is 3. The fraction of sp³-hybridized carbons (Fsp3) is 0.359. The van der Waals surface area contributed by atoms with E-state index in [2.05, 4.69) is 20.6 Å². The third-order valence-electron chi connectivity index (χ3n) is 10.7. The summed E-state index contributed by atoms with van der Waals surface area (Å²) < 4.78 is 5.35. The minimum atomic E-state index is -1.45. The summed E-state index contributed by atoms with van der Waals surface area (Å²) in [6, 6.07) is 14.2. The van der Waals surface area contributed by atoms with E-state index in [1.54, 1.807) is 19.4 Å². The van der Waals surface area contributed by atoms with Gasteiger partial charge in [0.05, 0.1) is 13.2 Å². The molecule has 14 nitrogen and oxygen atoms in total. The van der Waals surface area contributed by atoms with Crippen LogP contribution in [-0.2, 0) is 14.4 Å². The topological polar surface area (TPSA) is 184 Å². The van der Waals surface area contributed by atoms with E-state index >= 15 is 0 Å². The molecule has 0 unspecified atom stereocenters. The summed E-state index contributed by atoms with van der Waals surface area (Å²) >= 11 is 1.42. The average Bonchev–Trinajstić information content (AvgIpc) is 3.79. The summed E-state index contributed by atoms with van der Waals surface area (Å²) in [4.78, 5) is 65.8. The zero-order valence-corrected chi connectivity index (χ0v) is 30.4. The van der Waals surface area contributed by atoms with Gasteiger partial charge in [0.25, 0.3) is 5.91 Å². The number of methoxy groups -OCH3 is 1. The molecule has 5 aromatic rings. The lowest BCUT2D eigenvalue weighted by atomic mass is 10.0. The predicted molar refractivity (Wildman–Crippen MR) is 201 cm³/mol. The van der Waals surface area contributed by atoms with Gasteiger partial charge in [-0.2, -0.15) is 9.90 Å². The fourth-order valence-electron chi connectivity index (χ4n) is 7.59. The first-order chi connectivity index (χ1) is 26.2. The van der Waals surface area contributed by atoms with Gasteiger partial charge >= 0.3 is 5.97 Å². The lowest BCUT2D eigenvalue weighted by molar-refractivity contribution is -0.145. The SMILES string of the molecule is COc1ccc(-c2nn([C@H]3C[C@H]4C(=O)N[C@]5(C(=O)O)C[C@H]5C=CCCCCC[C@H](NC(=O)c5cc6ccccc6[nH]5)C(=O)N4C3)nc2-c2nccs2)cc1. The first-order valence-corrected chi connectivity index (χ1v) is 19.0. The second-order valence-electron chi connectivity index (χ2n) is 14.1. The van der Waals surface area contributed by atoms with Gasteiger partial charge in [-0.3, -0.25) is 14.4 Å². The second kappa shape index (κ2) is 14.5. The molecule has 3 aromatic heterocycles. The number of thiazole rings is 1. The number of amides is 3. The summed E-state index contributed by atoms with van der Waals surface area (Å²) in [6.45, 7) is 0.0626.